The highest BCUT2D eigenvalue weighted by Crippen LogP contribution is 2.23. The standard InChI is InChI=1S/C16H19N3O2S/c20-14(19-10-5-2-6-11-19)9-12-22-16-18-17-15(21-16)13-7-3-1-4-8-13/h1,3-4,7-8H,2,5-6,9-12H2. The zero-order valence-electron chi connectivity index (χ0n) is 12.4. The van der Waals surface area contributed by atoms with Gasteiger partial charge in [0.05, 0.1) is 0 Å². The Bertz CT molecular complexity index is 609. The monoisotopic (exact) mass is 317 g/mol. The van der Waals surface area contributed by atoms with Gasteiger partial charge in [-0.05, 0) is 31.4 Å². The Balaban J connectivity index is 1.48. The van der Waals surface area contributed by atoms with Crippen molar-refractivity contribution in [2.24, 2.45) is 0 Å². The van der Waals surface area contributed by atoms with Crippen LogP contribution in [-0.2, 0) is 4.79 Å². The van der Waals surface area contributed by atoms with E-state index in [2.05, 4.69) is 10.2 Å². The second-order valence-corrected chi connectivity index (χ2v) is 6.33. The number of nitrogens with zero attached hydrogens (tertiary/aromatic N) is 3. The summed E-state index contributed by atoms with van der Waals surface area (Å²) in [5.41, 5.74) is 0.909. The topological polar surface area (TPSA) is 59.2 Å². The highest BCUT2D eigenvalue weighted by atomic mass is 32.2. The van der Waals surface area contributed by atoms with E-state index < -0.39 is 0 Å². The molecule has 3 rings (SSSR count). The molecule has 1 aromatic carbocycles. The quantitative estimate of drug-likeness (QED) is 0.792. The molecule has 22 heavy (non-hydrogen) atoms. The number of piperidine rings is 1. The summed E-state index contributed by atoms with van der Waals surface area (Å²) in [6, 6.07) is 9.68. The summed E-state index contributed by atoms with van der Waals surface area (Å²) >= 11 is 1.44. The van der Waals surface area contributed by atoms with E-state index >= 15 is 0 Å². The molecule has 1 aliphatic heterocycles. The van der Waals surface area contributed by atoms with Crippen molar-refractivity contribution in [3.05, 3.63) is 30.3 Å². The number of amides is 1. The Kier molecular flexibility index (Phi) is 5.11. The minimum absolute atomic E-state index is 0.231. The number of aromatic nitrogens is 2. The smallest absolute Gasteiger partial charge is 0.276 e. The number of carbonyl (C=O) groups excluding carboxylic acids is 1. The van der Waals surface area contributed by atoms with Gasteiger partial charge in [-0.2, -0.15) is 0 Å². The van der Waals surface area contributed by atoms with E-state index in [0.717, 1.165) is 31.5 Å². The molecule has 6 heteroatoms. The molecular weight excluding hydrogens is 298 g/mol. The largest absolute Gasteiger partial charge is 0.411 e. The lowest BCUT2D eigenvalue weighted by molar-refractivity contribution is -0.131. The normalized spacial score (nSPS) is 15.0. The number of hydrogen-bond acceptors (Lipinski definition) is 5. The number of likely N-dealkylation sites (tertiary alicyclic amines) is 1. The molecule has 2 aromatic rings. The van der Waals surface area contributed by atoms with E-state index in [1.807, 2.05) is 35.2 Å². The summed E-state index contributed by atoms with van der Waals surface area (Å²) in [4.78, 5) is 14.0. The van der Waals surface area contributed by atoms with Crippen LogP contribution in [0, 0.1) is 0 Å². The molecule has 1 amide bonds. The van der Waals surface area contributed by atoms with Crippen LogP contribution >= 0.6 is 11.8 Å². The van der Waals surface area contributed by atoms with Gasteiger partial charge in [-0.15, -0.1) is 10.2 Å². The molecule has 0 saturated carbocycles. The van der Waals surface area contributed by atoms with Crippen LogP contribution in [0.25, 0.3) is 11.5 Å². The molecule has 0 N–H and O–H groups in total. The third-order valence-corrected chi connectivity index (χ3v) is 4.50. The molecule has 0 bridgehead atoms. The molecule has 0 radical (unpaired) electrons. The predicted molar refractivity (Wildman–Crippen MR) is 85.5 cm³/mol. The fourth-order valence-electron chi connectivity index (χ4n) is 2.49. The number of carbonyl (C=O) groups is 1. The maximum atomic E-state index is 12.1. The van der Waals surface area contributed by atoms with Gasteiger partial charge in [-0.3, -0.25) is 4.79 Å². The molecule has 116 valence electrons. The summed E-state index contributed by atoms with van der Waals surface area (Å²) in [5.74, 6) is 1.42. The van der Waals surface area contributed by atoms with E-state index in [9.17, 15) is 4.79 Å². The summed E-state index contributed by atoms with van der Waals surface area (Å²) in [6.45, 7) is 1.81. The first-order valence-electron chi connectivity index (χ1n) is 7.62. The van der Waals surface area contributed by atoms with Crippen molar-refractivity contribution in [1.29, 1.82) is 0 Å². The SMILES string of the molecule is O=C(CCSc1nnc(-c2ccccc2)o1)N1CCCCC1. The van der Waals surface area contributed by atoms with Crippen LogP contribution in [0.2, 0.25) is 0 Å². The van der Waals surface area contributed by atoms with Crippen molar-refractivity contribution in [3.63, 3.8) is 0 Å². The first-order valence-corrected chi connectivity index (χ1v) is 8.61. The minimum Gasteiger partial charge on any atom is -0.411 e. The van der Waals surface area contributed by atoms with Gasteiger partial charge >= 0.3 is 0 Å². The average molecular weight is 317 g/mol. The molecule has 0 atom stereocenters. The van der Waals surface area contributed by atoms with Crippen LogP contribution < -0.4 is 0 Å². The van der Waals surface area contributed by atoms with E-state index in [4.69, 9.17) is 4.42 Å². The van der Waals surface area contributed by atoms with E-state index in [1.54, 1.807) is 0 Å². The maximum Gasteiger partial charge on any atom is 0.276 e. The highest BCUT2D eigenvalue weighted by molar-refractivity contribution is 7.99. The predicted octanol–water partition coefficient (Wildman–Crippen LogP) is 3.23. The Labute approximate surface area is 134 Å². The van der Waals surface area contributed by atoms with Crippen LogP contribution in [0.4, 0.5) is 0 Å². The fraction of sp³-hybridized carbons (Fsp3) is 0.438. The van der Waals surface area contributed by atoms with Gasteiger partial charge in [0.15, 0.2) is 0 Å². The number of thioether (sulfide) groups is 1. The van der Waals surface area contributed by atoms with Crippen LogP contribution in [0.15, 0.2) is 40.0 Å². The maximum absolute atomic E-state index is 12.1. The summed E-state index contributed by atoms with van der Waals surface area (Å²) in [6.07, 6.45) is 4.02. The summed E-state index contributed by atoms with van der Waals surface area (Å²) in [5, 5.41) is 8.58. The molecule has 2 heterocycles. The van der Waals surface area contributed by atoms with E-state index in [0.29, 0.717) is 23.3 Å². The van der Waals surface area contributed by atoms with Gasteiger partial charge in [0.1, 0.15) is 0 Å². The van der Waals surface area contributed by atoms with Crippen LogP contribution in [-0.4, -0.2) is 39.8 Å². The van der Waals surface area contributed by atoms with Crippen molar-refractivity contribution in [2.75, 3.05) is 18.8 Å². The average Bonchev–Trinajstić information content (AvgIpc) is 3.05. The zero-order valence-corrected chi connectivity index (χ0v) is 13.2. The van der Waals surface area contributed by atoms with Gasteiger partial charge in [0.25, 0.3) is 5.22 Å². The third kappa shape index (κ3) is 3.88. The number of benzene rings is 1. The van der Waals surface area contributed by atoms with Crippen molar-refractivity contribution in [3.8, 4) is 11.5 Å². The zero-order chi connectivity index (χ0) is 15.2. The van der Waals surface area contributed by atoms with Gasteiger partial charge in [-0.1, -0.05) is 30.0 Å². The molecular formula is C16H19N3O2S. The highest BCUT2D eigenvalue weighted by Gasteiger charge is 2.16. The molecule has 5 nitrogen and oxygen atoms in total. The molecule has 1 aliphatic rings. The van der Waals surface area contributed by atoms with Crippen LogP contribution in [0.5, 0.6) is 0 Å². The third-order valence-electron chi connectivity index (χ3n) is 3.68. The van der Waals surface area contributed by atoms with E-state index in [-0.39, 0.29) is 5.91 Å². The van der Waals surface area contributed by atoms with Crippen molar-refractivity contribution in [1.82, 2.24) is 15.1 Å². The Morgan fingerprint density at radius 2 is 1.91 bits per heavy atom. The first-order chi connectivity index (χ1) is 10.8. The molecule has 0 unspecified atom stereocenters. The molecule has 1 aromatic heterocycles. The minimum atomic E-state index is 0.231. The molecule has 1 saturated heterocycles. The van der Waals surface area contributed by atoms with Gasteiger partial charge in [0, 0.05) is 30.8 Å². The van der Waals surface area contributed by atoms with Crippen molar-refractivity contribution in [2.45, 2.75) is 30.9 Å². The number of hydrogen-bond donors (Lipinski definition) is 0. The lowest BCUT2D eigenvalue weighted by Crippen LogP contribution is -2.35. The fourth-order valence-corrected chi connectivity index (χ4v) is 3.18. The summed E-state index contributed by atoms with van der Waals surface area (Å²) < 4.78 is 5.61. The van der Waals surface area contributed by atoms with E-state index in [1.165, 1.54) is 18.2 Å². The Morgan fingerprint density at radius 1 is 1.14 bits per heavy atom. The Hall–Kier alpha value is -1.82. The lowest BCUT2D eigenvalue weighted by Gasteiger charge is -2.26. The Morgan fingerprint density at radius 3 is 2.68 bits per heavy atom. The molecule has 1 fully saturated rings. The number of rotatable bonds is 5. The first kappa shape index (κ1) is 15.1. The van der Waals surface area contributed by atoms with Crippen molar-refractivity contribution >= 4 is 17.7 Å². The van der Waals surface area contributed by atoms with Crippen molar-refractivity contribution < 1.29 is 9.21 Å². The molecule has 0 aliphatic carbocycles. The van der Waals surface area contributed by atoms with Gasteiger partial charge in [-0.25, -0.2) is 0 Å². The lowest BCUT2D eigenvalue weighted by atomic mass is 10.1. The van der Waals surface area contributed by atoms with Crippen LogP contribution in [0.1, 0.15) is 25.7 Å². The van der Waals surface area contributed by atoms with Gasteiger partial charge in [0.2, 0.25) is 11.8 Å². The van der Waals surface area contributed by atoms with Crippen LogP contribution in [0.3, 0.4) is 0 Å². The molecule has 0 spiro atoms. The summed E-state index contributed by atoms with van der Waals surface area (Å²) in [7, 11) is 0. The van der Waals surface area contributed by atoms with Gasteiger partial charge < -0.3 is 9.32 Å². The second kappa shape index (κ2) is 7.45. The second-order valence-electron chi connectivity index (χ2n) is 5.28.